The van der Waals surface area contributed by atoms with Crippen LogP contribution < -0.4 is 16.4 Å². The Balaban J connectivity index is 2.00. The van der Waals surface area contributed by atoms with E-state index in [0.717, 1.165) is 6.42 Å². The van der Waals surface area contributed by atoms with Gasteiger partial charge in [-0.05, 0) is 30.5 Å². The first-order valence-corrected chi connectivity index (χ1v) is 5.53. The van der Waals surface area contributed by atoms with Crippen LogP contribution in [0.25, 0.3) is 0 Å². The third-order valence-electron chi connectivity index (χ3n) is 2.84. The monoisotopic (exact) mass is 233 g/mol. The predicted molar refractivity (Wildman–Crippen MR) is 65.5 cm³/mol. The Morgan fingerprint density at radius 2 is 1.88 bits per heavy atom. The van der Waals surface area contributed by atoms with Crippen molar-refractivity contribution in [3.63, 3.8) is 0 Å². The molecule has 0 aromatic heterocycles. The highest BCUT2D eigenvalue weighted by Crippen LogP contribution is 2.38. The maximum absolute atomic E-state index is 11.7. The molecule has 0 saturated heterocycles. The molecule has 1 aromatic carbocycles. The zero-order valence-corrected chi connectivity index (χ0v) is 9.57. The smallest absolute Gasteiger partial charge is 0.316 e. The molecule has 0 heterocycles. The fourth-order valence-corrected chi connectivity index (χ4v) is 1.74. The summed E-state index contributed by atoms with van der Waals surface area (Å²) in [5, 5.41) is 5.28. The lowest BCUT2D eigenvalue weighted by molar-refractivity contribution is -0.117. The molecule has 5 nitrogen and oxygen atoms in total. The van der Waals surface area contributed by atoms with Crippen molar-refractivity contribution in [2.45, 2.75) is 13.3 Å². The average molecular weight is 233 g/mol. The molecular weight excluding hydrogens is 218 g/mol. The molecule has 0 bridgehead atoms. The molecule has 1 aliphatic carbocycles. The molecule has 1 fully saturated rings. The van der Waals surface area contributed by atoms with Gasteiger partial charge in [-0.25, -0.2) is 4.79 Å². The summed E-state index contributed by atoms with van der Waals surface area (Å²) in [7, 11) is 0. The Morgan fingerprint density at radius 1 is 1.29 bits per heavy atom. The van der Waals surface area contributed by atoms with E-state index in [1.165, 1.54) is 0 Å². The van der Waals surface area contributed by atoms with Crippen molar-refractivity contribution in [2.24, 2.45) is 17.6 Å². The molecule has 5 heteroatoms. The van der Waals surface area contributed by atoms with E-state index in [-0.39, 0.29) is 11.8 Å². The summed E-state index contributed by atoms with van der Waals surface area (Å²) in [6, 6.07) is 6.29. The van der Waals surface area contributed by atoms with Crippen LogP contribution in [0.2, 0.25) is 0 Å². The molecule has 0 spiro atoms. The number of carbonyl (C=O) groups excluding carboxylic acids is 2. The minimum atomic E-state index is -0.621. The van der Waals surface area contributed by atoms with Crippen molar-refractivity contribution in [2.75, 3.05) is 10.6 Å². The summed E-state index contributed by atoms with van der Waals surface area (Å²) < 4.78 is 0. The standard InChI is InChI=1S/C12H15N3O2/c1-7-5-10(7)11(16)14-8-3-2-4-9(6-8)15-12(13)17/h2-4,6-7,10H,5H2,1H3,(H,14,16)(H3,13,15,17)/t7-,10+/m1/s1. The SMILES string of the molecule is C[C@@H]1C[C@@H]1C(=O)Nc1cccc(NC(N)=O)c1. The quantitative estimate of drug-likeness (QED) is 0.743. The number of nitrogens with one attached hydrogen (secondary N) is 2. The van der Waals surface area contributed by atoms with E-state index in [0.29, 0.717) is 17.3 Å². The fraction of sp³-hybridized carbons (Fsp3) is 0.333. The van der Waals surface area contributed by atoms with Gasteiger partial charge >= 0.3 is 6.03 Å². The van der Waals surface area contributed by atoms with E-state index in [2.05, 4.69) is 17.6 Å². The molecule has 1 aromatic rings. The molecule has 0 radical (unpaired) electrons. The van der Waals surface area contributed by atoms with E-state index in [9.17, 15) is 9.59 Å². The van der Waals surface area contributed by atoms with Gasteiger partial charge in [0.15, 0.2) is 0 Å². The van der Waals surface area contributed by atoms with Gasteiger partial charge in [0.05, 0.1) is 0 Å². The zero-order valence-electron chi connectivity index (χ0n) is 9.57. The second-order valence-electron chi connectivity index (χ2n) is 4.38. The van der Waals surface area contributed by atoms with Crippen molar-refractivity contribution < 1.29 is 9.59 Å². The molecule has 2 rings (SSSR count). The molecule has 2 atom stereocenters. The Kier molecular flexibility index (Phi) is 2.99. The zero-order chi connectivity index (χ0) is 12.4. The van der Waals surface area contributed by atoms with Gasteiger partial charge in [0, 0.05) is 17.3 Å². The molecule has 0 unspecified atom stereocenters. The third kappa shape index (κ3) is 2.96. The summed E-state index contributed by atoms with van der Waals surface area (Å²) in [4.78, 5) is 22.4. The van der Waals surface area contributed by atoms with Crippen LogP contribution in [0.3, 0.4) is 0 Å². The lowest BCUT2D eigenvalue weighted by Crippen LogP contribution is -2.19. The molecule has 1 saturated carbocycles. The molecular formula is C12H15N3O2. The van der Waals surface area contributed by atoms with Crippen molar-refractivity contribution >= 4 is 23.3 Å². The number of nitrogens with two attached hydrogens (primary N) is 1. The van der Waals surface area contributed by atoms with Crippen molar-refractivity contribution in [1.82, 2.24) is 0 Å². The number of urea groups is 1. The van der Waals surface area contributed by atoms with Crippen molar-refractivity contribution in [3.05, 3.63) is 24.3 Å². The van der Waals surface area contributed by atoms with E-state index in [1.807, 2.05) is 0 Å². The molecule has 90 valence electrons. The minimum absolute atomic E-state index is 0.0359. The molecule has 17 heavy (non-hydrogen) atoms. The topological polar surface area (TPSA) is 84.2 Å². The summed E-state index contributed by atoms with van der Waals surface area (Å²) in [6.07, 6.45) is 0.949. The number of primary amides is 1. The predicted octanol–water partition coefficient (Wildman–Crippen LogP) is 1.77. The molecule has 0 aliphatic heterocycles. The van der Waals surface area contributed by atoms with Gasteiger partial charge < -0.3 is 16.4 Å². The molecule has 4 N–H and O–H groups in total. The minimum Gasteiger partial charge on any atom is -0.351 e. The van der Waals surface area contributed by atoms with Crippen LogP contribution in [0.1, 0.15) is 13.3 Å². The van der Waals surface area contributed by atoms with Gasteiger partial charge in [0.2, 0.25) is 5.91 Å². The maximum Gasteiger partial charge on any atom is 0.316 e. The van der Waals surface area contributed by atoms with Gasteiger partial charge in [-0.15, -0.1) is 0 Å². The number of amides is 3. The van der Waals surface area contributed by atoms with Crippen molar-refractivity contribution in [1.29, 1.82) is 0 Å². The van der Waals surface area contributed by atoms with E-state index >= 15 is 0 Å². The number of carbonyl (C=O) groups is 2. The Bertz CT molecular complexity index is 459. The van der Waals surface area contributed by atoms with Crippen molar-refractivity contribution in [3.8, 4) is 0 Å². The second-order valence-corrected chi connectivity index (χ2v) is 4.38. The average Bonchev–Trinajstić information content (AvgIpc) is 2.95. The van der Waals surface area contributed by atoms with Crippen LogP contribution in [-0.4, -0.2) is 11.9 Å². The van der Waals surface area contributed by atoms with Crippen LogP contribution in [0.15, 0.2) is 24.3 Å². The molecule has 1 aliphatic rings. The third-order valence-corrected chi connectivity index (χ3v) is 2.84. The number of benzene rings is 1. The highest BCUT2D eigenvalue weighted by Gasteiger charge is 2.39. The number of hydrogen-bond acceptors (Lipinski definition) is 2. The van der Waals surface area contributed by atoms with E-state index in [1.54, 1.807) is 24.3 Å². The lowest BCUT2D eigenvalue weighted by Gasteiger charge is -2.07. The van der Waals surface area contributed by atoms with Gasteiger partial charge in [-0.3, -0.25) is 4.79 Å². The summed E-state index contributed by atoms with van der Waals surface area (Å²) in [6.45, 7) is 2.05. The lowest BCUT2D eigenvalue weighted by atomic mass is 10.2. The van der Waals surface area contributed by atoms with Crippen LogP contribution in [0.4, 0.5) is 16.2 Å². The maximum atomic E-state index is 11.7. The first-order valence-electron chi connectivity index (χ1n) is 5.53. The first-order chi connectivity index (χ1) is 8.06. The van der Waals surface area contributed by atoms with E-state index in [4.69, 9.17) is 5.73 Å². The normalized spacial score (nSPS) is 21.7. The Hall–Kier alpha value is -2.04. The van der Waals surface area contributed by atoms with Crippen LogP contribution in [-0.2, 0) is 4.79 Å². The second kappa shape index (κ2) is 4.45. The highest BCUT2D eigenvalue weighted by atomic mass is 16.2. The van der Waals surface area contributed by atoms with Crippen LogP contribution in [0, 0.1) is 11.8 Å². The van der Waals surface area contributed by atoms with Gasteiger partial charge in [-0.2, -0.15) is 0 Å². The van der Waals surface area contributed by atoms with Gasteiger partial charge in [-0.1, -0.05) is 13.0 Å². The van der Waals surface area contributed by atoms with Crippen LogP contribution in [0.5, 0.6) is 0 Å². The number of anilines is 2. The highest BCUT2D eigenvalue weighted by molar-refractivity contribution is 5.95. The van der Waals surface area contributed by atoms with Crippen LogP contribution >= 0.6 is 0 Å². The Morgan fingerprint density at radius 3 is 2.41 bits per heavy atom. The van der Waals surface area contributed by atoms with Gasteiger partial charge in [0.25, 0.3) is 0 Å². The largest absolute Gasteiger partial charge is 0.351 e. The summed E-state index contributed by atoms with van der Waals surface area (Å²) in [5.74, 6) is 0.637. The molecule has 3 amide bonds. The Labute approximate surface area is 99.4 Å². The van der Waals surface area contributed by atoms with E-state index < -0.39 is 6.03 Å². The number of hydrogen-bond donors (Lipinski definition) is 3. The number of rotatable bonds is 3. The van der Waals surface area contributed by atoms with Gasteiger partial charge in [0.1, 0.15) is 0 Å². The fourth-order valence-electron chi connectivity index (χ4n) is 1.74. The summed E-state index contributed by atoms with van der Waals surface area (Å²) in [5.41, 5.74) is 6.25. The first kappa shape index (κ1) is 11.4. The summed E-state index contributed by atoms with van der Waals surface area (Å²) >= 11 is 0.